The average molecular weight is 346 g/mol. The molecule has 5 heteroatoms. The number of hydrogen-bond donors (Lipinski definition) is 0. The quantitative estimate of drug-likeness (QED) is 0.556. The lowest BCUT2D eigenvalue weighted by Crippen LogP contribution is -2.09. The molecule has 130 valence electrons. The zero-order valence-corrected chi connectivity index (χ0v) is 14.8. The lowest BCUT2D eigenvalue weighted by Gasteiger charge is -2.10. The smallest absolute Gasteiger partial charge is 0.202 e. The van der Waals surface area contributed by atoms with E-state index in [0.29, 0.717) is 33.7 Å². The van der Waals surface area contributed by atoms with Crippen molar-refractivity contribution in [3.63, 3.8) is 0 Å². The number of aromatic nitrogens is 2. The van der Waals surface area contributed by atoms with Crippen LogP contribution < -0.4 is 10.2 Å². The van der Waals surface area contributed by atoms with Gasteiger partial charge in [-0.15, -0.1) is 0 Å². The summed E-state index contributed by atoms with van der Waals surface area (Å²) in [6.07, 6.45) is 1.84. The maximum Gasteiger partial charge on any atom is 0.202 e. The molecular formula is C21H18N2O3. The van der Waals surface area contributed by atoms with Crippen molar-refractivity contribution in [2.24, 2.45) is 0 Å². The molecule has 2 aromatic heterocycles. The average Bonchev–Trinajstić information content (AvgIpc) is 3.13. The Morgan fingerprint density at radius 1 is 1.04 bits per heavy atom. The number of nitrogens with zero attached hydrogens (tertiary/aromatic N) is 2. The van der Waals surface area contributed by atoms with Crippen molar-refractivity contribution >= 4 is 11.0 Å². The minimum absolute atomic E-state index is 0.0900. The van der Waals surface area contributed by atoms with Crippen LogP contribution >= 0.6 is 0 Å². The van der Waals surface area contributed by atoms with Gasteiger partial charge < -0.3 is 9.15 Å². The molecule has 0 unspecified atom stereocenters. The number of para-hydroxylation sites is 1. The van der Waals surface area contributed by atoms with Gasteiger partial charge in [0.15, 0.2) is 0 Å². The van der Waals surface area contributed by atoms with Gasteiger partial charge in [0.1, 0.15) is 22.8 Å². The van der Waals surface area contributed by atoms with E-state index in [1.54, 1.807) is 30.8 Å². The van der Waals surface area contributed by atoms with Crippen LogP contribution in [0.3, 0.4) is 0 Å². The summed E-state index contributed by atoms with van der Waals surface area (Å²) in [5.41, 5.74) is 3.28. The number of hydrogen-bond acceptors (Lipinski definition) is 4. The molecular weight excluding hydrogens is 328 g/mol. The maximum atomic E-state index is 13.1. The number of rotatable bonds is 3. The van der Waals surface area contributed by atoms with Crippen LogP contribution in [0.1, 0.15) is 11.3 Å². The molecule has 0 amide bonds. The van der Waals surface area contributed by atoms with Crippen LogP contribution in [-0.2, 0) is 0 Å². The highest BCUT2D eigenvalue weighted by atomic mass is 16.5. The molecule has 0 saturated heterocycles. The highest BCUT2D eigenvalue weighted by Gasteiger charge is 2.18. The molecule has 0 spiro atoms. The first-order valence-electron chi connectivity index (χ1n) is 8.32. The Morgan fingerprint density at radius 3 is 2.54 bits per heavy atom. The number of fused-ring (bicyclic) bond motifs is 1. The monoisotopic (exact) mass is 346 g/mol. The molecule has 0 aliphatic rings. The number of methoxy groups -OCH3 is 1. The van der Waals surface area contributed by atoms with Crippen LogP contribution in [0.15, 0.2) is 63.9 Å². The van der Waals surface area contributed by atoms with Crippen LogP contribution in [0.2, 0.25) is 0 Å². The lowest BCUT2D eigenvalue weighted by molar-refractivity contribution is 0.411. The molecule has 0 aliphatic carbocycles. The van der Waals surface area contributed by atoms with E-state index in [0.717, 1.165) is 11.3 Å². The van der Waals surface area contributed by atoms with E-state index in [-0.39, 0.29) is 5.43 Å². The molecule has 4 aromatic rings. The van der Waals surface area contributed by atoms with Crippen LogP contribution in [0, 0.1) is 13.8 Å². The third kappa shape index (κ3) is 2.49. The van der Waals surface area contributed by atoms with Gasteiger partial charge in [-0.25, -0.2) is 4.68 Å². The third-order valence-electron chi connectivity index (χ3n) is 4.52. The fraction of sp³-hybridized carbons (Fsp3) is 0.143. The van der Waals surface area contributed by atoms with E-state index in [1.165, 1.54) is 0 Å². The van der Waals surface area contributed by atoms with Gasteiger partial charge >= 0.3 is 0 Å². The fourth-order valence-electron chi connectivity index (χ4n) is 3.18. The maximum absolute atomic E-state index is 13.1. The van der Waals surface area contributed by atoms with Crippen molar-refractivity contribution in [2.75, 3.05) is 7.11 Å². The van der Waals surface area contributed by atoms with Gasteiger partial charge in [-0.3, -0.25) is 4.79 Å². The first kappa shape index (κ1) is 16.1. The Hall–Kier alpha value is -3.34. The molecule has 4 rings (SSSR count). The standard InChI is InChI=1S/C21H18N2O3/c1-13-18(25-3)10-9-16-20(24)19(14(2)26-21(13)16)17-11-12-23(22-17)15-7-5-4-6-8-15/h4-12H,1-3H3. The second kappa shape index (κ2) is 6.19. The summed E-state index contributed by atoms with van der Waals surface area (Å²) in [5, 5.41) is 5.09. The zero-order chi connectivity index (χ0) is 18.3. The first-order chi connectivity index (χ1) is 12.6. The normalized spacial score (nSPS) is 11.0. The molecule has 0 radical (unpaired) electrons. The number of aryl methyl sites for hydroxylation is 2. The minimum Gasteiger partial charge on any atom is -0.496 e. The predicted molar refractivity (Wildman–Crippen MR) is 101 cm³/mol. The molecule has 0 bridgehead atoms. The SMILES string of the molecule is COc1ccc2c(=O)c(-c3ccn(-c4ccccc4)n3)c(C)oc2c1C. The molecule has 0 atom stereocenters. The summed E-state index contributed by atoms with van der Waals surface area (Å²) in [4.78, 5) is 13.1. The van der Waals surface area contributed by atoms with Gasteiger partial charge in [0, 0.05) is 11.8 Å². The molecule has 0 saturated carbocycles. The van der Waals surface area contributed by atoms with E-state index < -0.39 is 0 Å². The fourth-order valence-corrected chi connectivity index (χ4v) is 3.18. The van der Waals surface area contributed by atoms with Crippen LogP contribution in [-0.4, -0.2) is 16.9 Å². The Bertz CT molecular complexity index is 1160. The molecule has 5 nitrogen and oxygen atoms in total. The van der Waals surface area contributed by atoms with Gasteiger partial charge in [0.25, 0.3) is 0 Å². The highest BCUT2D eigenvalue weighted by Crippen LogP contribution is 2.29. The van der Waals surface area contributed by atoms with Gasteiger partial charge in [0.2, 0.25) is 5.43 Å². The van der Waals surface area contributed by atoms with Crippen molar-refractivity contribution in [3.8, 4) is 22.7 Å². The van der Waals surface area contributed by atoms with Crippen molar-refractivity contribution in [3.05, 3.63) is 76.3 Å². The Kier molecular flexibility index (Phi) is 3.84. The number of benzene rings is 2. The topological polar surface area (TPSA) is 57.3 Å². The van der Waals surface area contributed by atoms with Gasteiger partial charge in [-0.05, 0) is 44.2 Å². The molecule has 0 N–H and O–H groups in total. The van der Waals surface area contributed by atoms with E-state index in [4.69, 9.17) is 9.15 Å². The Labute approximate surface area is 150 Å². The molecule has 0 fully saturated rings. The first-order valence-corrected chi connectivity index (χ1v) is 8.32. The summed E-state index contributed by atoms with van der Waals surface area (Å²) < 4.78 is 13.1. The van der Waals surface area contributed by atoms with Gasteiger partial charge in [-0.2, -0.15) is 5.10 Å². The van der Waals surface area contributed by atoms with Crippen molar-refractivity contribution in [2.45, 2.75) is 13.8 Å². The lowest BCUT2D eigenvalue weighted by atomic mass is 10.1. The van der Waals surface area contributed by atoms with Crippen LogP contribution in [0.4, 0.5) is 0 Å². The molecule has 0 aliphatic heterocycles. The Balaban J connectivity index is 1.91. The minimum atomic E-state index is -0.0900. The van der Waals surface area contributed by atoms with Crippen molar-refractivity contribution in [1.29, 1.82) is 0 Å². The highest BCUT2D eigenvalue weighted by molar-refractivity contribution is 5.85. The van der Waals surface area contributed by atoms with E-state index in [1.807, 2.05) is 49.5 Å². The van der Waals surface area contributed by atoms with Gasteiger partial charge in [-0.1, -0.05) is 18.2 Å². The predicted octanol–water partition coefficient (Wildman–Crippen LogP) is 4.27. The van der Waals surface area contributed by atoms with Crippen molar-refractivity contribution in [1.82, 2.24) is 9.78 Å². The van der Waals surface area contributed by atoms with Crippen molar-refractivity contribution < 1.29 is 9.15 Å². The molecule has 2 heterocycles. The largest absolute Gasteiger partial charge is 0.496 e. The summed E-state index contributed by atoms with van der Waals surface area (Å²) in [6.45, 7) is 3.67. The number of ether oxygens (including phenoxy) is 1. The molecule has 26 heavy (non-hydrogen) atoms. The molecule has 2 aromatic carbocycles. The van der Waals surface area contributed by atoms with E-state index in [2.05, 4.69) is 5.10 Å². The van der Waals surface area contributed by atoms with E-state index in [9.17, 15) is 4.79 Å². The van der Waals surface area contributed by atoms with Gasteiger partial charge in [0.05, 0.1) is 23.7 Å². The summed E-state index contributed by atoms with van der Waals surface area (Å²) in [5.74, 6) is 1.23. The Morgan fingerprint density at radius 2 is 1.81 bits per heavy atom. The summed E-state index contributed by atoms with van der Waals surface area (Å²) in [7, 11) is 1.60. The van der Waals surface area contributed by atoms with Crippen LogP contribution in [0.25, 0.3) is 27.9 Å². The summed E-state index contributed by atoms with van der Waals surface area (Å²) in [6, 6.07) is 15.1. The second-order valence-corrected chi connectivity index (χ2v) is 6.11. The summed E-state index contributed by atoms with van der Waals surface area (Å²) >= 11 is 0. The van der Waals surface area contributed by atoms with E-state index >= 15 is 0 Å². The van der Waals surface area contributed by atoms with Crippen LogP contribution in [0.5, 0.6) is 5.75 Å². The third-order valence-corrected chi connectivity index (χ3v) is 4.52. The zero-order valence-electron chi connectivity index (χ0n) is 14.8. The second-order valence-electron chi connectivity index (χ2n) is 6.11.